The molecule has 1 aromatic heterocycles. The van der Waals surface area contributed by atoms with Gasteiger partial charge in [-0.15, -0.1) is 0 Å². The van der Waals surface area contributed by atoms with Crippen molar-refractivity contribution in [1.82, 2.24) is 19.4 Å². The molecule has 0 radical (unpaired) electrons. The molecule has 11 heteroatoms. The van der Waals surface area contributed by atoms with E-state index < -0.39 is 4.92 Å². The van der Waals surface area contributed by atoms with Gasteiger partial charge in [0, 0.05) is 68.6 Å². The fraction of sp³-hybridized carbons (Fsp3) is 0.346. The molecule has 1 fully saturated rings. The van der Waals surface area contributed by atoms with Crippen LogP contribution < -0.4 is 9.64 Å². The molecule has 1 amide bonds. The molecule has 2 aliphatic rings. The van der Waals surface area contributed by atoms with Crippen molar-refractivity contribution in [3.63, 3.8) is 0 Å². The third kappa shape index (κ3) is 5.54. The van der Waals surface area contributed by atoms with Gasteiger partial charge in [-0.25, -0.2) is 0 Å². The largest absolute Gasteiger partial charge is 0.444 e. The summed E-state index contributed by atoms with van der Waals surface area (Å²) in [5, 5.41) is 20.0. The van der Waals surface area contributed by atoms with E-state index in [1.54, 1.807) is 4.57 Å². The number of amides is 1. The minimum Gasteiger partial charge on any atom is -0.444 e. The molecule has 0 unspecified atom stereocenters. The van der Waals surface area contributed by atoms with E-state index in [0.717, 1.165) is 24.3 Å². The number of aromatic nitrogens is 2. The van der Waals surface area contributed by atoms with Gasteiger partial charge >= 0.3 is 11.8 Å². The summed E-state index contributed by atoms with van der Waals surface area (Å²) in [6.07, 6.45) is 1.41. The molecule has 5 rings (SSSR count). The highest BCUT2D eigenvalue weighted by atomic mass is 16.6. The first-order valence-corrected chi connectivity index (χ1v) is 12.2. The zero-order chi connectivity index (χ0) is 25.8. The van der Waals surface area contributed by atoms with Crippen molar-refractivity contribution >= 4 is 17.4 Å². The zero-order valence-electron chi connectivity index (χ0n) is 20.3. The number of hydrogen-bond donors (Lipinski definition) is 0. The molecular formula is C26H27N7O4. The summed E-state index contributed by atoms with van der Waals surface area (Å²) in [7, 11) is 0. The number of anilines is 1. The smallest absolute Gasteiger partial charge is 0.414 e. The molecule has 2 aromatic carbocycles. The molecule has 0 N–H and O–H groups in total. The number of carbonyl (C=O) groups is 1. The van der Waals surface area contributed by atoms with Crippen LogP contribution in [0.2, 0.25) is 0 Å². The van der Waals surface area contributed by atoms with Gasteiger partial charge in [0.25, 0.3) is 5.91 Å². The minimum atomic E-state index is -0.517. The van der Waals surface area contributed by atoms with Crippen LogP contribution in [0, 0.1) is 21.4 Å². The molecule has 11 nitrogen and oxygen atoms in total. The molecule has 0 atom stereocenters. The molecule has 0 aliphatic carbocycles. The first-order chi connectivity index (χ1) is 18.0. The molecule has 3 aromatic rings. The summed E-state index contributed by atoms with van der Waals surface area (Å²) < 4.78 is 7.30. The van der Waals surface area contributed by atoms with E-state index in [-0.39, 0.29) is 17.7 Å². The molecule has 2 aliphatic heterocycles. The average Bonchev–Trinajstić information content (AvgIpc) is 3.33. The van der Waals surface area contributed by atoms with Crippen LogP contribution in [0.15, 0.2) is 54.7 Å². The van der Waals surface area contributed by atoms with Gasteiger partial charge in [-0.3, -0.25) is 14.3 Å². The van der Waals surface area contributed by atoms with E-state index in [4.69, 9.17) is 10.00 Å². The Kier molecular flexibility index (Phi) is 7.00. The highest BCUT2D eigenvalue weighted by Gasteiger charge is 2.24. The fourth-order valence-corrected chi connectivity index (χ4v) is 4.64. The zero-order valence-corrected chi connectivity index (χ0v) is 20.3. The monoisotopic (exact) mass is 501 g/mol. The Morgan fingerprint density at radius 1 is 1.00 bits per heavy atom. The van der Waals surface area contributed by atoms with E-state index in [1.165, 1.54) is 6.20 Å². The summed E-state index contributed by atoms with van der Waals surface area (Å²) in [5.74, 6) is -0.181. The lowest BCUT2D eigenvalue weighted by atomic mass is 10.1. The lowest BCUT2D eigenvalue weighted by Gasteiger charge is -2.36. The van der Waals surface area contributed by atoms with Crippen LogP contribution in [0.3, 0.4) is 0 Å². The first-order valence-electron chi connectivity index (χ1n) is 12.2. The van der Waals surface area contributed by atoms with Gasteiger partial charge < -0.3 is 24.7 Å². The summed E-state index contributed by atoms with van der Waals surface area (Å²) in [5.41, 5.74) is 3.45. The lowest BCUT2D eigenvalue weighted by molar-refractivity contribution is -0.389. The van der Waals surface area contributed by atoms with Gasteiger partial charge in [0.1, 0.15) is 12.8 Å². The summed E-state index contributed by atoms with van der Waals surface area (Å²) >= 11 is 0. The highest BCUT2D eigenvalue weighted by Crippen LogP contribution is 2.21. The second kappa shape index (κ2) is 10.7. The van der Waals surface area contributed by atoms with Crippen LogP contribution in [0.5, 0.6) is 6.01 Å². The SMILES string of the molecule is N#Cc1ccc(N2CCN(C(=O)c3ccc(CN4CCOc5nc([N+](=O)[O-])cn5CC4)cc3)CC2)cc1. The Bertz CT molecular complexity index is 1310. The molecule has 190 valence electrons. The molecule has 0 saturated carbocycles. The second-order valence-corrected chi connectivity index (χ2v) is 9.09. The fourth-order valence-electron chi connectivity index (χ4n) is 4.64. The number of nitrogens with zero attached hydrogens (tertiary/aromatic N) is 7. The van der Waals surface area contributed by atoms with Gasteiger partial charge in [0.05, 0.1) is 11.6 Å². The third-order valence-corrected chi connectivity index (χ3v) is 6.75. The predicted molar refractivity (Wildman–Crippen MR) is 135 cm³/mol. The lowest BCUT2D eigenvalue weighted by Crippen LogP contribution is -2.48. The van der Waals surface area contributed by atoms with E-state index >= 15 is 0 Å². The van der Waals surface area contributed by atoms with Crippen molar-refractivity contribution in [2.75, 3.05) is 50.8 Å². The molecule has 0 bridgehead atoms. The van der Waals surface area contributed by atoms with Crippen LogP contribution in [-0.4, -0.2) is 76.1 Å². The molecule has 3 heterocycles. The quantitative estimate of drug-likeness (QED) is 0.386. The Morgan fingerprint density at radius 2 is 1.73 bits per heavy atom. The van der Waals surface area contributed by atoms with E-state index in [0.29, 0.717) is 57.0 Å². The number of benzene rings is 2. The van der Waals surface area contributed by atoms with Crippen molar-refractivity contribution < 1.29 is 14.5 Å². The number of fused-ring (bicyclic) bond motifs is 1. The number of ether oxygens (including phenoxy) is 1. The predicted octanol–water partition coefficient (Wildman–Crippen LogP) is 2.52. The summed E-state index contributed by atoms with van der Waals surface area (Å²) in [6, 6.07) is 17.7. The maximum absolute atomic E-state index is 13.1. The Labute approximate surface area is 214 Å². The molecular weight excluding hydrogens is 474 g/mol. The first kappa shape index (κ1) is 24.3. The summed E-state index contributed by atoms with van der Waals surface area (Å²) in [4.78, 5) is 33.8. The van der Waals surface area contributed by atoms with E-state index in [1.807, 2.05) is 53.4 Å². The maximum atomic E-state index is 13.1. The number of hydrogen-bond acceptors (Lipinski definition) is 8. The second-order valence-electron chi connectivity index (χ2n) is 9.09. The van der Waals surface area contributed by atoms with Gasteiger partial charge in [-0.1, -0.05) is 12.1 Å². The van der Waals surface area contributed by atoms with E-state index in [9.17, 15) is 14.9 Å². The average molecular weight is 502 g/mol. The van der Waals surface area contributed by atoms with Crippen LogP contribution in [-0.2, 0) is 13.1 Å². The molecule has 1 saturated heterocycles. The molecule has 0 spiro atoms. The van der Waals surface area contributed by atoms with Crippen molar-refractivity contribution in [3.05, 3.63) is 81.5 Å². The Balaban J connectivity index is 1.14. The van der Waals surface area contributed by atoms with Crippen LogP contribution >= 0.6 is 0 Å². The van der Waals surface area contributed by atoms with E-state index in [2.05, 4.69) is 20.9 Å². The number of nitro groups is 1. The number of carbonyl (C=O) groups excluding carboxylic acids is 1. The van der Waals surface area contributed by atoms with Crippen molar-refractivity contribution in [2.45, 2.75) is 13.1 Å². The van der Waals surface area contributed by atoms with Crippen molar-refractivity contribution in [3.8, 4) is 12.1 Å². The maximum Gasteiger partial charge on any atom is 0.414 e. The van der Waals surface area contributed by atoms with Crippen LogP contribution in [0.25, 0.3) is 0 Å². The third-order valence-electron chi connectivity index (χ3n) is 6.75. The van der Waals surface area contributed by atoms with Gasteiger partial charge in [0.15, 0.2) is 0 Å². The van der Waals surface area contributed by atoms with Crippen molar-refractivity contribution in [2.24, 2.45) is 0 Å². The summed E-state index contributed by atoms with van der Waals surface area (Å²) in [6.45, 7) is 5.77. The minimum absolute atomic E-state index is 0.0277. The van der Waals surface area contributed by atoms with Crippen LogP contribution in [0.4, 0.5) is 11.5 Å². The normalized spacial score (nSPS) is 16.2. The van der Waals surface area contributed by atoms with Crippen LogP contribution in [0.1, 0.15) is 21.5 Å². The van der Waals surface area contributed by atoms with Gasteiger partial charge in [-0.05, 0) is 46.9 Å². The number of imidazole rings is 1. The number of nitriles is 1. The van der Waals surface area contributed by atoms with Crippen molar-refractivity contribution in [1.29, 1.82) is 5.26 Å². The van der Waals surface area contributed by atoms with Gasteiger partial charge in [0.2, 0.25) is 0 Å². The molecule has 37 heavy (non-hydrogen) atoms. The standard InChI is InChI=1S/C26H27N7O4/c27-17-20-3-7-23(8-4-20)30-11-13-31(14-12-30)25(34)22-5-1-21(2-6-22)18-29-9-10-32-19-24(33(35)36)28-26(32)37-16-15-29/h1-8,19H,9-16,18H2. The van der Waals surface area contributed by atoms with Gasteiger partial charge in [-0.2, -0.15) is 5.26 Å². The number of rotatable bonds is 5. The Hall–Kier alpha value is -4.43. The number of piperazine rings is 1. The Morgan fingerprint density at radius 3 is 2.41 bits per heavy atom. The topological polar surface area (TPSA) is 121 Å². The highest BCUT2D eigenvalue weighted by molar-refractivity contribution is 5.94.